The third-order valence-electron chi connectivity index (χ3n) is 1.86. The predicted molar refractivity (Wildman–Crippen MR) is 51.7 cm³/mol. The second kappa shape index (κ2) is 5.48. The minimum atomic E-state index is -2.49. The topological polar surface area (TPSA) is 31.4 Å². The summed E-state index contributed by atoms with van der Waals surface area (Å²) in [5.74, 6) is 0.842. The highest BCUT2D eigenvalue weighted by molar-refractivity contribution is 5.33. The first kappa shape index (κ1) is 11.7. The van der Waals surface area contributed by atoms with Crippen LogP contribution in [-0.4, -0.2) is 25.1 Å². The molecule has 5 heteroatoms. The third kappa shape index (κ3) is 3.34. The molecule has 0 spiro atoms. The van der Waals surface area contributed by atoms with E-state index in [0.717, 1.165) is 5.56 Å². The van der Waals surface area contributed by atoms with Crippen LogP contribution in [0.15, 0.2) is 12.3 Å². The van der Waals surface area contributed by atoms with E-state index in [9.17, 15) is 8.78 Å². The molecule has 1 rings (SSSR count). The van der Waals surface area contributed by atoms with E-state index in [1.807, 2.05) is 6.92 Å². The van der Waals surface area contributed by atoms with E-state index < -0.39 is 13.0 Å². The number of halogens is 2. The van der Waals surface area contributed by atoms with Crippen molar-refractivity contribution in [2.45, 2.75) is 19.8 Å². The maximum Gasteiger partial charge on any atom is 0.272 e. The second-order valence-corrected chi connectivity index (χ2v) is 2.90. The van der Waals surface area contributed by atoms with E-state index in [1.165, 1.54) is 13.3 Å². The molecule has 0 aliphatic heterocycles. The summed E-state index contributed by atoms with van der Waals surface area (Å²) in [5.41, 5.74) is 0.759. The fourth-order valence-corrected chi connectivity index (χ4v) is 1.11. The van der Waals surface area contributed by atoms with E-state index in [1.54, 1.807) is 6.07 Å². The van der Waals surface area contributed by atoms with E-state index in [0.29, 0.717) is 12.2 Å². The second-order valence-electron chi connectivity index (χ2n) is 2.90. The smallest absolute Gasteiger partial charge is 0.272 e. The molecule has 0 saturated heterocycles. The number of methoxy groups -OCH3 is 1. The van der Waals surface area contributed by atoms with Crippen molar-refractivity contribution in [2.24, 2.45) is 0 Å². The predicted octanol–water partition coefficient (Wildman–Crippen LogP) is 2.30. The van der Waals surface area contributed by atoms with Crippen LogP contribution in [0.5, 0.6) is 11.6 Å². The molecule has 0 unspecified atom stereocenters. The van der Waals surface area contributed by atoms with Gasteiger partial charge in [-0.15, -0.1) is 0 Å². The normalized spacial score (nSPS) is 10.5. The number of hydrogen-bond donors (Lipinski definition) is 0. The Balaban J connectivity index is 2.78. The lowest BCUT2D eigenvalue weighted by atomic mass is 10.2. The minimum Gasteiger partial charge on any atom is -0.495 e. The van der Waals surface area contributed by atoms with Crippen LogP contribution >= 0.6 is 0 Å². The molecule has 1 aromatic heterocycles. The molecule has 1 aromatic rings. The Kier molecular flexibility index (Phi) is 4.27. The summed E-state index contributed by atoms with van der Waals surface area (Å²) in [7, 11) is 1.52. The molecule has 0 bridgehead atoms. The van der Waals surface area contributed by atoms with Crippen molar-refractivity contribution < 1.29 is 18.3 Å². The van der Waals surface area contributed by atoms with Gasteiger partial charge in [0.05, 0.1) is 13.3 Å². The van der Waals surface area contributed by atoms with E-state index in [4.69, 9.17) is 9.47 Å². The highest BCUT2D eigenvalue weighted by atomic mass is 19.3. The van der Waals surface area contributed by atoms with Gasteiger partial charge in [0.15, 0.2) is 6.61 Å². The van der Waals surface area contributed by atoms with Crippen LogP contribution in [0.25, 0.3) is 0 Å². The molecular weight excluding hydrogens is 204 g/mol. The molecule has 0 amide bonds. The number of hydrogen-bond acceptors (Lipinski definition) is 3. The average Bonchev–Trinajstić information content (AvgIpc) is 2.25. The van der Waals surface area contributed by atoms with Crippen LogP contribution < -0.4 is 9.47 Å². The Morgan fingerprint density at radius 3 is 2.73 bits per heavy atom. The van der Waals surface area contributed by atoms with Crippen molar-refractivity contribution in [3.8, 4) is 11.6 Å². The van der Waals surface area contributed by atoms with Crippen molar-refractivity contribution in [3.05, 3.63) is 17.8 Å². The van der Waals surface area contributed by atoms with Crippen LogP contribution in [0.4, 0.5) is 8.78 Å². The molecule has 84 valence electrons. The zero-order valence-electron chi connectivity index (χ0n) is 8.67. The van der Waals surface area contributed by atoms with Crippen LogP contribution in [0.2, 0.25) is 0 Å². The monoisotopic (exact) mass is 217 g/mol. The number of nitrogens with zero attached hydrogens (tertiary/aromatic N) is 1. The maximum absolute atomic E-state index is 11.9. The summed E-state index contributed by atoms with van der Waals surface area (Å²) in [6, 6.07) is 1.73. The first-order chi connectivity index (χ1) is 7.17. The lowest BCUT2D eigenvalue weighted by Gasteiger charge is -2.09. The quantitative estimate of drug-likeness (QED) is 0.758. The summed E-state index contributed by atoms with van der Waals surface area (Å²) in [6.07, 6.45) is -0.387. The Hall–Kier alpha value is -1.39. The van der Waals surface area contributed by atoms with Gasteiger partial charge in [-0.2, -0.15) is 0 Å². The van der Waals surface area contributed by atoms with Gasteiger partial charge in [0.2, 0.25) is 5.88 Å². The van der Waals surface area contributed by atoms with Crippen molar-refractivity contribution in [1.29, 1.82) is 0 Å². The van der Waals surface area contributed by atoms with Gasteiger partial charge in [0, 0.05) is 5.56 Å². The SMILES string of the molecule is CCc1cc(OC)cnc1OCC(F)F. The maximum atomic E-state index is 11.9. The zero-order valence-corrected chi connectivity index (χ0v) is 8.67. The first-order valence-corrected chi connectivity index (χ1v) is 4.61. The Labute approximate surface area is 87.0 Å². The summed E-state index contributed by atoms with van der Waals surface area (Å²) < 4.78 is 33.7. The fraction of sp³-hybridized carbons (Fsp3) is 0.500. The molecule has 0 aromatic carbocycles. The highest BCUT2D eigenvalue weighted by Crippen LogP contribution is 2.21. The molecule has 0 radical (unpaired) electrons. The van der Waals surface area contributed by atoms with Crippen molar-refractivity contribution in [2.75, 3.05) is 13.7 Å². The summed E-state index contributed by atoms with van der Waals surface area (Å²) >= 11 is 0. The molecule has 0 aliphatic rings. The molecule has 15 heavy (non-hydrogen) atoms. The van der Waals surface area contributed by atoms with Gasteiger partial charge in [-0.25, -0.2) is 13.8 Å². The van der Waals surface area contributed by atoms with Gasteiger partial charge in [-0.1, -0.05) is 6.92 Å². The van der Waals surface area contributed by atoms with Crippen LogP contribution in [0.1, 0.15) is 12.5 Å². The zero-order chi connectivity index (χ0) is 11.3. The van der Waals surface area contributed by atoms with Crippen molar-refractivity contribution >= 4 is 0 Å². The molecular formula is C10H13F2NO2. The van der Waals surface area contributed by atoms with Gasteiger partial charge in [-0.05, 0) is 12.5 Å². The van der Waals surface area contributed by atoms with Gasteiger partial charge in [-0.3, -0.25) is 0 Å². The van der Waals surface area contributed by atoms with Gasteiger partial charge >= 0.3 is 0 Å². The van der Waals surface area contributed by atoms with E-state index >= 15 is 0 Å². The van der Waals surface area contributed by atoms with Crippen molar-refractivity contribution in [1.82, 2.24) is 4.98 Å². The molecule has 0 fully saturated rings. The molecule has 1 heterocycles. The highest BCUT2D eigenvalue weighted by Gasteiger charge is 2.09. The van der Waals surface area contributed by atoms with E-state index in [2.05, 4.69) is 4.98 Å². The van der Waals surface area contributed by atoms with Gasteiger partial charge < -0.3 is 9.47 Å². The summed E-state index contributed by atoms with van der Waals surface area (Å²) in [5, 5.41) is 0. The largest absolute Gasteiger partial charge is 0.495 e. The van der Waals surface area contributed by atoms with Gasteiger partial charge in [0.1, 0.15) is 5.75 Å². The fourth-order valence-electron chi connectivity index (χ4n) is 1.11. The number of aromatic nitrogens is 1. The summed E-state index contributed by atoms with van der Waals surface area (Å²) in [4.78, 5) is 3.91. The number of aryl methyl sites for hydroxylation is 1. The standard InChI is InChI=1S/C10H13F2NO2/c1-3-7-4-8(14-2)5-13-10(7)15-6-9(11)12/h4-5,9H,3,6H2,1-2H3. The molecule has 0 aliphatic carbocycles. The van der Waals surface area contributed by atoms with E-state index in [-0.39, 0.29) is 5.88 Å². The number of pyridine rings is 1. The number of alkyl halides is 2. The lowest BCUT2D eigenvalue weighted by Crippen LogP contribution is -2.09. The van der Waals surface area contributed by atoms with Crippen LogP contribution in [0, 0.1) is 0 Å². The average molecular weight is 217 g/mol. The minimum absolute atomic E-state index is 0.249. The van der Waals surface area contributed by atoms with Crippen LogP contribution in [0.3, 0.4) is 0 Å². The first-order valence-electron chi connectivity index (χ1n) is 4.61. The molecule has 3 nitrogen and oxygen atoms in total. The Bertz CT molecular complexity index is 318. The Morgan fingerprint density at radius 2 is 2.20 bits per heavy atom. The summed E-state index contributed by atoms with van der Waals surface area (Å²) in [6.45, 7) is 1.26. The molecule has 0 atom stereocenters. The Morgan fingerprint density at radius 1 is 1.47 bits per heavy atom. The molecule has 0 N–H and O–H groups in total. The third-order valence-corrected chi connectivity index (χ3v) is 1.86. The van der Waals surface area contributed by atoms with Gasteiger partial charge in [0.25, 0.3) is 6.43 Å². The number of ether oxygens (including phenoxy) is 2. The van der Waals surface area contributed by atoms with Crippen molar-refractivity contribution in [3.63, 3.8) is 0 Å². The van der Waals surface area contributed by atoms with Crippen LogP contribution in [-0.2, 0) is 6.42 Å². The molecule has 0 saturated carbocycles. The lowest BCUT2D eigenvalue weighted by molar-refractivity contribution is 0.0790. The number of rotatable bonds is 5.